The normalized spacial score (nSPS) is 11.5. The lowest BCUT2D eigenvalue weighted by Gasteiger charge is -2.19. The summed E-state index contributed by atoms with van der Waals surface area (Å²) in [5, 5.41) is 5.20. The summed E-state index contributed by atoms with van der Waals surface area (Å²) in [6.07, 6.45) is -0.118. The molecule has 3 amide bonds. The first-order chi connectivity index (χ1) is 15.4. The molecule has 4 N–H and O–H groups in total. The number of carbonyl (C=O) groups is 2. The second kappa shape index (κ2) is 10.8. The van der Waals surface area contributed by atoms with E-state index in [0.29, 0.717) is 22.7 Å². The lowest BCUT2D eigenvalue weighted by Crippen LogP contribution is -2.35. The molecule has 7 nitrogen and oxygen atoms in total. The Kier molecular flexibility index (Phi) is 7.58. The van der Waals surface area contributed by atoms with Crippen molar-refractivity contribution in [3.63, 3.8) is 0 Å². The van der Waals surface area contributed by atoms with Crippen molar-refractivity contribution in [2.75, 3.05) is 5.32 Å². The molecule has 0 aliphatic heterocycles. The minimum atomic E-state index is -2.93. The number of carbonyl (C=O) groups excluding carboxylic acids is 2. The number of halogens is 2. The summed E-state index contributed by atoms with van der Waals surface area (Å²) in [5.41, 5.74) is 6.29. The second-order valence-electron chi connectivity index (χ2n) is 6.70. The van der Waals surface area contributed by atoms with Crippen LogP contribution in [0.3, 0.4) is 0 Å². The number of benzene rings is 3. The lowest BCUT2D eigenvalue weighted by atomic mass is 10.0. The van der Waals surface area contributed by atoms with Gasteiger partial charge in [-0.05, 0) is 54.1 Å². The highest BCUT2D eigenvalue weighted by atomic mass is 19.3. The van der Waals surface area contributed by atoms with E-state index < -0.39 is 24.6 Å². The van der Waals surface area contributed by atoms with Gasteiger partial charge in [-0.1, -0.05) is 30.3 Å². The van der Waals surface area contributed by atoms with Crippen LogP contribution in [0.25, 0.3) is 0 Å². The summed E-state index contributed by atoms with van der Waals surface area (Å²) in [6, 6.07) is 20.1. The van der Waals surface area contributed by atoms with Crippen LogP contribution >= 0.6 is 0 Å². The zero-order valence-electron chi connectivity index (χ0n) is 16.8. The van der Waals surface area contributed by atoms with Gasteiger partial charge in [-0.15, -0.1) is 0 Å². The molecule has 0 bridgehead atoms. The molecule has 0 aromatic heterocycles. The Bertz CT molecular complexity index is 1050. The molecule has 0 heterocycles. The highest BCUT2D eigenvalue weighted by Gasteiger charge is 2.18. The highest BCUT2D eigenvalue weighted by molar-refractivity contribution is 5.91. The molecule has 9 heteroatoms. The van der Waals surface area contributed by atoms with E-state index in [1.807, 2.05) is 18.2 Å². The topological polar surface area (TPSA) is 103 Å². The predicted octanol–water partition coefficient (Wildman–Crippen LogP) is 4.82. The van der Waals surface area contributed by atoms with Gasteiger partial charge < -0.3 is 25.8 Å². The molecular weight excluding hydrogens is 420 g/mol. The third kappa shape index (κ3) is 6.98. The zero-order chi connectivity index (χ0) is 22.9. The number of para-hydroxylation sites is 1. The molecule has 0 saturated carbocycles. The average Bonchev–Trinajstić information content (AvgIpc) is 2.75. The summed E-state index contributed by atoms with van der Waals surface area (Å²) in [5.74, 6) is 0.725. The summed E-state index contributed by atoms with van der Waals surface area (Å²) < 4.78 is 34.6. The van der Waals surface area contributed by atoms with Crippen molar-refractivity contribution in [2.24, 2.45) is 5.73 Å². The molecular formula is C23H21F2N3O4. The van der Waals surface area contributed by atoms with Gasteiger partial charge in [0.1, 0.15) is 17.2 Å². The summed E-state index contributed by atoms with van der Waals surface area (Å²) in [6.45, 7) is -2.93. The number of alkyl halides is 2. The second-order valence-corrected chi connectivity index (χ2v) is 6.70. The molecule has 0 aliphatic rings. The van der Waals surface area contributed by atoms with Crippen LogP contribution in [0.5, 0.6) is 17.2 Å². The van der Waals surface area contributed by atoms with Crippen LogP contribution in [-0.2, 0) is 4.79 Å². The molecule has 1 atom stereocenters. The van der Waals surface area contributed by atoms with Crippen molar-refractivity contribution in [3.8, 4) is 17.2 Å². The molecule has 0 aliphatic carbocycles. The number of hydrogen-bond donors (Lipinski definition) is 3. The number of nitrogens with one attached hydrogen (secondary N) is 2. The lowest BCUT2D eigenvalue weighted by molar-refractivity contribution is -0.116. The molecule has 166 valence electrons. The number of anilines is 1. The van der Waals surface area contributed by atoms with Gasteiger partial charge in [0.15, 0.2) is 0 Å². The third-order valence-corrected chi connectivity index (χ3v) is 4.31. The van der Waals surface area contributed by atoms with E-state index in [1.54, 1.807) is 36.4 Å². The Morgan fingerprint density at radius 3 is 2.22 bits per heavy atom. The largest absolute Gasteiger partial charge is 0.457 e. The summed E-state index contributed by atoms with van der Waals surface area (Å²) >= 11 is 0. The maximum absolute atomic E-state index is 12.5. The first-order valence-corrected chi connectivity index (χ1v) is 9.62. The fraction of sp³-hybridized carbons (Fsp3) is 0.130. The zero-order valence-corrected chi connectivity index (χ0v) is 16.8. The third-order valence-electron chi connectivity index (χ3n) is 4.31. The van der Waals surface area contributed by atoms with Crippen LogP contribution in [-0.4, -0.2) is 18.5 Å². The fourth-order valence-electron chi connectivity index (χ4n) is 2.96. The molecule has 0 radical (unpaired) electrons. The molecule has 3 aromatic rings. The number of primary amides is 1. The van der Waals surface area contributed by atoms with Gasteiger partial charge in [0.2, 0.25) is 5.91 Å². The van der Waals surface area contributed by atoms with Gasteiger partial charge in [0.25, 0.3) is 0 Å². The number of amides is 3. The Labute approximate surface area is 183 Å². The number of ether oxygens (including phenoxy) is 2. The first kappa shape index (κ1) is 22.5. The first-order valence-electron chi connectivity index (χ1n) is 9.62. The number of urea groups is 1. The molecule has 3 aromatic carbocycles. The van der Waals surface area contributed by atoms with Gasteiger partial charge in [-0.2, -0.15) is 8.78 Å². The standard InChI is InChI=1S/C23H21F2N3O4/c24-22(25)32-18-11-9-16(10-12-18)27-21(29)14-20(28-23(26)30)15-5-4-8-19(13-15)31-17-6-2-1-3-7-17/h1-13,20,22H,14H2,(H,27,29)(H3,26,28,30). The maximum atomic E-state index is 12.5. The van der Waals surface area contributed by atoms with Crippen molar-refractivity contribution in [1.29, 1.82) is 0 Å². The fourth-order valence-corrected chi connectivity index (χ4v) is 2.96. The van der Waals surface area contributed by atoms with Gasteiger partial charge in [-0.3, -0.25) is 4.79 Å². The number of nitrogens with two attached hydrogens (primary N) is 1. The quantitative estimate of drug-likeness (QED) is 0.443. The van der Waals surface area contributed by atoms with Crippen molar-refractivity contribution >= 4 is 17.6 Å². The van der Waals surface area contributed by atoms with Crippen LogP contribution in [0.4, 0.5) is 19.3 Å². The summed E-state index contributed by atoms with van der Waals surface area (Å²) in [7, 11) is 0. The van der Waals surface area contributed by atoms with E-state index in [2.05, 4.69) is 15.4 Å². The van der Waals surface area contributed by atoms with E-state index in [1.165, 1.54) is 24.3 Å². The van der Waals surface area contributed by atoms with Crippen molar-refractivity contribution in [2.45, 2.75) is 19.1 Å². The SMILES string of the molecule is NC(=O)NC(CC(=O)Nc1ccc(OC(F)F)cc1)c1cccc(Oc2ccccc2)c1. The summed E-state index contributed by atoms with van der Waals surface area (Å²) in [4.78, 5) is 24.0. The monoisotopic (exact) mass is 441 g/mol. The van der Waals surface area contributed by atoms with Crippen LogP contribution < -0.4 is 25.8 Å². The van der Waals surface area contributed by atoms with Crippen LogP contribution in [0, 0.1) is 0 Å². The average molecular weight is 441 g/mol. The Balaban J connectivity index is 1.69. The van der Waals surface area contributed by atoms with E-state index in [4.69, 9.17) is 10.5 Å². The van der Waals surface area contributed by atoms with Crippen LogP contribution in [0.2, 0.25) is 0 Å². The smallest absolute Gasteiger partial charge is 0.387 e. The Hall–Kier alpha value is -4.14. The van der Waals surface area contributed by atoms with Crippen molar-refractivity contribution in [1.82, 2.24) is 5.32 Å². The molecule has 1 unspecified atom stereocenters. The van der Waals surface area contributed by atoms with Crippen LogP contribution in [0.1, 0.15) is 18.0 Å². The van der Waals surface area contributed by atoms with Gasteiger partial charge in [-0.25, -0.2) is 4.79 Å². The van der Waals surface area contributed by atoms with Crippen molar-refractivity contribution < 1.29 is 27.8 Å². The Morgan fingerprint density at radius 2 is 1.56 bits per heavy atom. The van der Waals surface area contributed by atoms with Gasteiger partial charge in [0, 0.05) is 5.69 Å². The van der Waals surface area contributed by atoms with Crippen molar-refractivity contribution in [3.05, 3.63) is 84.4 Å². The van der Waals surface area contributed by atoms with E-state index in [0.717, 1.165) is 0 Å². The number of hydrogen-bond acceptors (Lipinski definition) is 4. The minimum Gasteiger partial charge on any atom is -0.457 e. The van der Waals surface area contributed by atoms with E-state index in [-0.39, 0.29) is 12.2 Å². The molecule has 0 spiro atoms. The van der Waals surface area contributed by atoms with Crippen LogP contribution in [0.15, 0.2) is 78.9 Å². The molecule has 0 fully saturated rings. The Morgan fingerprint density at radius 1 is 0.875 bits per heavy atom. The van der Waals surface area contributed by atoms with Gasteiger partial charge in [0.05, 0.1) is 12.5 Å². The highest BCUT2D eigenvalue weighted by Crippen LogP contribution is 2.26. The van der Waals surface area contributed by atoms with E-state index >= 15 is 0 Å². The van der Waals surface area contributed by atoms with Gasteiger partial charge >= 0.3 is 12.6 Å². The minimum absolute atomic E-state index is 0.0264. The molecule has 32 heavy (non-hydrogen) atoms. The molecule has 3 rings (SSSR count). The van der Waals surface area contributed by atoms with E-state index in [9.17, 15) is 18.4 Å². The number of rotatable bonds is 9. The maximum Gasteiger partial charge on any atom is 0.387 e. The predicted molar refractivity (Wildman–Crippen MR) is 115 cm³/mol. The molecule has 0 saturated heterocycles.